The first-order chi connectivity index (χ1) is 11.6. The van der Waals surface area contributed by atoms with Gasteiger partial charge in [0.2, 0.25) is 20.0 Å². The summed E-state index contributed by atoms with van der Waals surface area (Å²) in [5, 5.41) is 9.20. The molecular weight excluding hydrogens is 368 g/mol. The highest BCUT2D eigenvalue weighted by Gasteiger charge is 2.35. The van der Waals surface area contributed by atoms with Crippen LogP contribution in [0.25, 0.3) is 0 Å². The van der Waals surface area contributed by atoms with Gasteiger partial charge in [0, 0.05) is 13.1 Å². The van der Waals surface area contributed by atoms with Crippen molar-refractivity contribution in [1.29, 1.82) is 0 Å². The summed E-state index contributed by atoms with van der Waals surface area (Å²) in [4.78, 5) is 10.5. The van der Waals surface area contributed by atoms with Gasteiger partial charge in [-0.2, -0.15) is 9.03 Å². The molecule has 1 unspecified atom stereocenters. The lowest BCUT2D eigenvalue weighted by Crippen LogP contribution is -2.44. The minimum atomic E-state index is -4.33. The Hall–Kier alpha value is -1.49. The Morgan fingerprint density at radius 2 is 1.60 bits per heavy atom. The highest BCUT2D eigenvalue weighted by Crippen LogP contribution is 2.27. The minimum absolute atomic E-state index is 0.336. The van der Waals surface area contributed by atoms with Crippen LogP contribution >= 0.6 is 0 Å². The maximum atomic E-state index is 12.8. The number of aliphatic carboxylic acids is 1. The van der Waals surface area contributed by atoms with E-state index in [1.807, 2.05) is 0 Å². The normalized spacial score (nSPS) is 17.7. The number of hydrogen-bond acceptors (Lipinski definition) is 5. The number of nitrogens with one attached hydrogen (secondary N) is 1. The molecule has 1 aromatic rings. The van der Waals surface area contributed by atoms with E-state index in [9.17, 15) is 26.7 Å². The first-order valence-electron chi connectivity index (χ1n) is 7.91. The molecule has 1 saturated heterocycles. The second-order valence-corrected chi connectivity index (χ2v) is 9.83. The van der Waals surface area contributed by atoms with E-state index in [0.717, 1.165) is 12.8 Å². The number of nitrogens with zero attached hydrogens (tertiary/aromatic N) is 1. The van der Waals surface area contributed by atoms with Crippen LogP contribution in [0.15, 0.2) is 34.1 Å². The molecule has 0 bridgehead atoms. The fourth-order valence-electron chi connectivity index (χ4n) is 2.66. The van der Waals surface area contributed by atoms with E-state index >= 15 is 0 Å². The van der Waals surface area contributed by atoms with Crippen molar-refractivity contribution in [1.82, 2.24) is 9.03 Å². The topological polar surface area (TPSA) is 121 Å². The van der Waals surface area contributed by atoms with Crippen molar-refractivity contribution >= 4 is 26.0 Å². The standard InChI is InChI=1S/C15H22N2O6S2/c1-11(2)14(15(18)19)16-24(20,21)12-7-3-4-8-13(12)25(22,23)17-9-5-6-10-17/h3-4,7-8,11,14,16H,5-6,9-10H2,1-2H3,(H,18,19). The summed E-state index contributed by atoms with van der Waals surface area (Å²) >= 11 is 0. The minimum Gasteiger partial charge on any atom is -0.480 e. The summed E-state index contributed by atoms with van der Waals surface area (Å²) in [7, 11) is -8.29. The van der Waals surface area contributed by atoms with Crippen LogP contribution in [0.1, 0.15) is 26.7 Å². The quantitative estimate of drug-likeness (QED) is 0.712. The van der Waals surface area contributed by atoms with E-state index in [1.54, 1.807) is 13.8 Å². The summed E-state index contributed by atoms with van der Waals surface area (Å²) in [6.45, 7) is 3.81. The Morgan fingerprint density at radius 3 is 2.08 bits per heavy atom. The van der Waals surface area contributed by atoms with Crippen LogP contribution in [0.3, 0.4) is 0 Å². The van der Waals surface area contributed by atoms with Gasteiger partial charge in [-0.05, 0) is 30.9 Å². The Morgan fingerprint density at radius 1 is 1.08 bits per heavy atom. The van der Waals surface area contributed by atoms with E-state index < -0.39 is 42.9 Å². The SMILES string of the molecule is CC(C)C(NS(=O)(=O)c1ccccc1S(=O)(=O)N1CCCC1)C(=O)O. The highest BCUT2D eigenvalue weighted by atomic mass is 32.2. The molecule has 1 atom stereocenters. The van der Waals surface area contributed by atoms with Gasteiger partial charge in [0.15, 0.2) is 0 Å². The van der Waals surface area contributed by atoms with Gasteiger partial charge in [0.1, 0.15) is 15.8 Å². The molecule has 25 heavy (non-hydrogen) atoms. The van der Waals surface area contributed by atoms with E-state index in [1.165, 1.54) is 28.6 Å². The molecule has 140 valence electrons. The number of carboxylic acid groups (broad SMARTS) is 1. The van der Waals surface area contributed by atoms with E-state index in [-0.39, 0.29) is 4.90 Å². The van der Waals surface area contributed by atoms with Crippen LogP contribution in [0.4, 0.5) is 0 Å². The molecule has 8 nitrogen and oxygen atoms in total. The largest absolute Gasteiger partial charge is 0.480 e. The summed E-state index contributed by atoms with van der Waals surface area (Å²) < 4.78 is 54.2. The van der Waals surface area contributed by atoms with E-state index in [0.29, 0.717) is 13.1 Å². The summed E-state index contributed by atoms with van der Waals surface area (Å²) in [6, 6.07) is 3.90. The maximum absolute atomic E-state index is 12.8. The monoisotopic (exact) mass is 390 g/mol. The fraction of sp³-hybridized carbons (Fsp3) is 0.533. The van der Waals surface area contributed by atoms with E-state index in [2.05, 4.69) is 4.72 Å². The van der Waals surface area contributed by atoms with Crippen LogP contribution in [0.2, 0.25) is 0 Å². The highest BCUT2D eigenvalue weighted by molar-refractivity contribution is 7.92. The second-order valence-electron chi connectivity index (χ2n) is 6.24. The van der Waals surface area contributed by atoms with Crippen molar-refractivity contribution in [3.63, 3.8) is 0 Å². The number of carbonyl (C=O) groups is 1. The molecule has 1 heterocycles. The molecule has 0 radical (unpaired) electrons. The van der Waals surface area contributed by atoms with Gasteiger partial charge >= 0.3 is 5.97 Å². The first-order valence-corrected chi connectivity index (χ1v) is 10.8. The van der Waals surface area contributed by atoms with Gasteiger partial charge in [0.25, 0.3) is 0 Å². The smallest absolute Gasteiger partial charge is 0.322 e. The third-order valence-electron chi connectivity index (χ3n) is 4.04. The summed E-state index contributed by atoms with van der Waals surface area (Å²) in [5.74, 6) is -1.83. The predicted octanol–water partition coefficient (Wildman–Crippen LogP) is 0.859. The number of hydrogen-bond donors (Lipinski definition) is 2. The Bertz CT molecular complexity index is 843. The number of sulfonamides is 2. The predicted molar refractivity (Wildman–Crippen MR) is 91.0 cm³/mol. The average Bonchev–Trinajstić information content (AvgIpc) is 3.07. The van der Waals surface area contributed by atoms with Crippen LogP contribution in [-0.2, 0) is 24.8 Å². The lowest BCUT2D eigenvalue weighted by Gasteiger charge is -2.21. The van der Waals surface area contributed by atoms with Crippen LogP contribution in [0.5, 0.6) is 0 Å². The molecular formula is C15H22N2O6S2. The lowest BCUT2D eigenvalue weighted by molar-refractivity contribution is -0.140. The van der Waals surface area contributed by atoms with Gasteiger partial charge in [-0.3, -0.25) is 4.79 Å². The molecule has 0 amide bonds. The van der Waals surface area contributed by atoms with Crippen molar-refractivity contribution in [2.45, 2.75) is 42.5 Å². The van der Waals surface area contributed by atoms with Gasteiger partial charge < -0.3 is 5.11 Å². The van der Waals surface area contributed by atoms with Gasteiger partial charge in [-0.25, -0.2) is 16.8 Å². The summed E-state index contributed by atoms with van der Waals surface area (Å²) in [5.41, 5.74) is 0. The molecule has 1 aliphatic heterocycles. The zero-order valence-corrected chi connectivity index (χ0v) is 15.7. The second kappa shape index (κ2) is 7.40. The molecule has 0 saturated carbocycles. The molecule has 1 fully saturated rings. The van der Waals surface area contributed by atoms with Crippen molar-refractivity contribution < 1.29 is 26.7 Å². The lowest BCUT2D eigenvalue weighted by atomic mass is 10.1. The first kappa shape index (κ1) is 19.8. The van der Waals surface area contributed by atoms with E-state index in [4.69, 9.17) is 0 Å². The Labute approximate surface area is 147 Å². The maximum Gasteiger partial charge on any atom is 0.322 e. The number of carboxylic acids is 1. The molecule has 2 rings (SSSR count). The van der Waals surface area contributed by atoms with Crippen molar-refractivity contribution in [2.24, 2.45) is 5.92 Å². The van der Waals surface area contributed by atoms with Crippen LogP contribution in [-0.4, -0.2) is 51.3 Å². The Kier molecular flexibility index (Phi) is 5.87. The fourth-order valence-corrected chi connectivity index (χ4v) is 6.31. The van der Waals surface area contributed by atoms with Gasteiger partial charge in [-0.15, -0.1) is 0 Å². The number of benzene rings is 1. The Balaban J connectivity index is 2.48. The van der Waals surface area contributed by atoms with Crippen molar-refractivity contribution in [3.05, 3.63) is 24.3 Å². The van der Waals surface area contributed by atoms with Crippen LogP contribution < -0.4 is 4.72 Å². The molecule has 0 aliphatic carbocycles. The third-order valence-corrected chi connectivity index (χ3v) is 7.62. The summed E-state index contributed by atoms with van der Waals surface area (Å²) in [6.07, 6.45) is 1.45. The number of rotatable bonds is 7. The van der Waals surface area contributed by atoms with Gasteiger partial charge in [0.05, 0.1) is 0 Å². The van der Waals surface area contributed by atoms with Crippen molar-refractivity contribution in [2.75, 3.05) is 13.1 Å². The van der Waals surface area contributed by atoms with Gasteiger partial charge in [-0.1, -0.05) is 26.0 Å². The zero-order valence-electron chi connectivity index (χ0n) is 14.0. The molecule has 1 aromatic carbocycles. The zero-order chi connectivity index (χ0) is 18.8. The molecule has 1 aliphatic rings. The molecule has 0 spiro atoms. The average molecular weight is 390 g/mol. The molecule has 2 N–H and O–H groups in total. The molecule has 10 heteroatoms. The molecule has 0 aromatic heterocycles. The van der Waals surface area contributed by atoms with Crippen molar-refractivity contribution in [3.8, 4) is 0 Å². The van der Waals surface area contributed by atoms with Crippen LogP contribution in [0, 0.1) is 5.92 Å². The third kappa shape index (κ3) is 4.20.